The van der Waals surface area contributed by atoms with Crippen molar-refractivity contribution < 1.29 is 9.72 Å². The van der Waals surface area contributed by atoms with Crippen molar-refractivity contribution in [2.75, 3.05) is 13.1 Å². The van der Waals surface area contributed by atoms with Crippen molar-refractivity contribution in [2.24, 2.45) is 0 Å². The second-order valence-electron chi connectivity index (χ2n) is 6.28. The van der Waals surface area contributed by atoms with Crippen LogP contribution in [0.25, 0.3) is 21.8 Å². The molecule has 0 aliphatic heterocycles. The topological polar surface area (TPSA) is 109 Å². The lowest BCUT2D eigenvalue weighted by Gasteiger charge is -2.20. The molecule has 0 saturated carbocycles. The highest BCUT2D eigenvalue weighted by atomic mass is 16.6. The number of aromatic nitrogens is 2. The largest absolute Gasteiger partial charge is 0.353 e. The van der Waals surface area contributed by atoms with E-state index in [-0.39, 0.29) is 11.3 Å². The zero-order valence-corrected chi connectivity index (χ0v) is 15.2. The van der Waals surface area contributed by atoms with Crippen LogP contribution in [0.4, 0.5) is 5.69 Å². The fraction of sp³-hybridized carbons (Fsp3) is 0.316. The van der Waals surface area contributed by atoms with Gasteiger partial charge in [0.2, 0.25) is 0 Å². The molecule has 1 N–H and O–H groups in total. The third kappa shape index (κ3) is 3.38. The number of carbonyl (C=O) groups is 1. The second kappa shape index (κ2) is 7.53. The summed E-state index contributed by atoms with van der Waals surface area (Å²) < 4.78 is 0. The van der Waals surface area contributed by atoms with E-state index in [0.717, 1.165) is 19.0 Å². The molecule has 2 aromatic heterocycles. The van der Waals surface area contributed by atoms with Crippen LogP contribution in [0.5, 0.6) is 0 Å². The molecule has 27 heavy (non-hydrogen) atoms. The summed E-state index contributed by atoms with van der Waals surface area (Å²) in [4.78, 5) is 44.1. The average molecular weight is 368 g/mol. The van der Waals surface area contributed by atoms with Crippen LogP contribution in [0, 0.1) is 10.1 Å². The van der Waals surface area contributed by atoms with E-state index in [1.807, 2.05) is 6.92 Å². The number of nitrogens with one attached hydrogen (secondary N) is 1. The third-order valence-corrected chi connectivity index (χ3v) is 4.58. The Balaban J connectivity index is 2.08. The summed E-state index contributed by atoms with van der Waals surface area (Å²) in [6.45, 7) is 5.32. The molecular formula is C19H20N4O4. The molecule has 0 unspecified atom stereocenters. The van der Waals surface area contributed by atoms with E-state index in [2.05, 4.69) is 16.9 Å². The van der Waals surface area contributed by atoms with Crippen molar-refractivity contribution in [1.29, 1.82) is 0 Å². The molecule has 2 heterocycles. The van der Waals surface area contributed by atoms with E-state index in [4.69, 9.17) is 0 Å². The van der Waals surface area contributed by atoms with Crippen LogP contribution in [-0.4, -0.2) is 38.8 Å². The molecule has 0 bridgehead atoms. The number of nitrogens with zero attached hydrogens (tertiary/aromatic N) is 3. The highest BCUT2D eigenvalue weighted by Gasteiger charge is 2.18. The van der Waals surface area contributed by atoms with Crippen LogP contribution in [-0.2, 0) is 0 Å². The Bertz CT molecular complexity index is 1090. The standard InChI is InChI=1S/C19H20N4O4/c1-3-5-8-22(4-2)19(25)13-9-12-6-7-14-17(16(12)20-10-13)21-11-15(18(14)24)23(26)27/h6-7,9-11H,3-5,8H2,1-2H3,(H,21,24). The molecule has 8 nitrogen and oxygen atoms in total. The molecule has 3 rings (SSSR count). The lowest BCUT2D eigenvalue weighted by Crippen LogP contribution is -2.31. The minimum atomic E-state index is -0.715. The fourth-order valence-electron chi connectivity index (χ4n) is 3.07. The first kappa shape index (κ1) is 18.5. The summed E-state index contributed by atoms with van der Waals surface area (Å²) in [6.07, 6.45) is 4.50. The molecule has 0 saturated heterocycles. The van der Waals surface area contributed by atoms with Crippen LogP contribution in [0.3, 0.4) is 0 Å². The van der Waals surface area contributed by atoms with Gasteiger partial charge in [-0.3, -0.25) is 24.7 Å². The summed E-state index contributed by atoms with van der Waals surface area (Å²) in [6, 6.07) is 4.91. The van der Waals surface area contributed by atoms with E-state index in [1.165, 1.54) is 12.3 Å². The van der Waals surface area contributed by atoms with Crippen molar-refractivity contribution in [1.82, 2.24) is 14.9 Å². The molecule has 0 aliphatic carbocycles. The van der Waals surface area contributed by atoms with Gasteiger partial charge in [0.1, 0.15) is 0 Å². The number of carbonyl (C=O) groups excluding carboxylic acids is 1. The van der Waals surface area contributed by atoms with E-state index < -0.39 is 16.0 Å². The molecular weight excluding hydrogens is 348 g/mol. The summed E-state index contributed by atoms with van der Waals surface area (Å²) in [5.41, 5.74) is 0.217. The predicted molar refractivity (Wildman–Crippen MR) is 103 cm³/mol. The third-order valence-electron chi connectivity index (χ3n) is 4.58. The molecule has 0 atom stereocenters. The van der Waals surface area contributed by atoms with Crippen LogP contribution >= 0.6 is 0 Å². The average Bonchev–Trinajstić information content (AvgIpc) is 2.67. The van der Waals surface area contributed by atoms with Gasteiger partial charge in [-0.1, -0.05) is 19.4 Å². The number of fused-ring (bicyclic) bond motifs is 3. The number of pyridine rings is 2. The van der Waals surface area contributed by atoms with Crippen LogP contribution < -0.4 is 5.43 Å². The van der Waals surface area contributed by atoms with Crippen LogP contribution in [0.15, 0.2) is 35.4 Å². The van der Waals surface area contributed by atoms with E-state index in [1.54, 1.807) is 17.0 Å². The molecule has 3 aromatic rings. The van der Waals surface area contributed by atoms with Crippen LogP contribution in [0.1, 0.15) is 37.0 Å². The van der Waals surface area contributed by atoms with E-state index >= 15 is 0 Å². The highest BCUT2D eigenvalue weighted by molar-refractivity contribution is 6.05. The maximum Gasteiger partial charge on any atom is 0.332 e. The zero-order valence-electron chi connectivity index (χ0n) is 15.2. The number of rotatable bonds is 6. The second-order valence-corrected chi connectivity index (χ2v) is 6.28. The number of nitro groups is 1. The summed E-state index contributed by atoms with van der Waals surface area (Å²) in [5.74, 6) is -0.0855. The number of unbranched alkanes of at least 4 members (excludes halogenated alkanes) is 1. The minimum Gasteiger partial charge on any atom is -0.353 e. The van der Waals surface area contributed by atoms with Crippen LogP contribution in [0.2, 0.25) is 0 Å². The maximum absolute atomic E-state index is 12.7. The van der Waals surface area contributed by atoms with Crippen molar-refractivity contribution in [3.8, 4) is 0 Å². The van der Waals surface area contributed by atoms with Gasteiger partial charge in [0.15, 0.2) is 0 Å². The van der Waals surface area contributed by atoms with Gasteiger partial charge in [-0.05, 0) is 25.5 Å². The Morgan fingerprint density at radius 2 is 2.11 bits per heavy atom. The van der Waals surface area contributed by atoms with E-state index in [9.17, 15) is 19.7 Å². The molecule has 0 aliphatic rings. The molecule has 1 aromatic carbocycles. The molecule has 140 valence electrons. The minimum absolute atomic E-state index is 0.0855. The zero-order chi connectivity index (χ0) is 19.6. The number of benzene rings is 1. The predicted octanol–water partition coefficient (Wildman–Crippen LogP) is 3.25. The first-order chi connectivity index (χ1) is 13.0. The summed E-state index contributed by atoms with van der Waals surface area (Å²) in [5, 5.41) is 11.8. The first-order valence-electron chi connectivity index (χ1n) is 8.85. The first-order valence-corrected chi connectivity index (χ1v) is 8.85. The Hall–Kier alpha value is -3.29. The van der Waals surface area contributed by atoms with Gasteiger partial charge in [-0.15, -0.1) is 0 Å². The smallest absolute Gasteiger partial charge is 0.332 e. The number of amides is 1. The number of hydrogen-bond donors (Lipinski definition) is 1. The van der Waals surface area contributed by atoms with Crippen molar-refractivity contribution in [2.45, 2.75) is 26.7 Å². The van der Waals surface area contributed by atoms with Crippen molar-refractivity contribution in [3.05, 3.63) is 56.5 Å². The highest BCUT2D eigenvalue weighted by Crippen LogP contribution is 2.23. The monoisotopic (exact) mass is 368 g/mol. The molecule has 0 fully saturated rings. The van der Waals surface area contributed by atoms with Gasteiger partial charge in [0.05, 0.1) is 33.1 Å². The Morgan fingerprint density at radius 3 is 2.78 bits per heavy atom. The lowest BCUT2D eigenvalue weighted by atomic mass is 10.1. The molecule has 0 spiro atoms. The number of hydrogen-bond acceptors (Lipinski definition) is 5. The quantitative estimate of drug-likeness (QED) is 0.408. The van der Waals surface area contributed by atoms with Crippen molar-refractivity contribution in [3.63, 3.8) is 0 Å². The van der Waals surface area contributed by atoms with Gasteiger partial charge in [0, 0.05) is 24.7 Å². The summed E-state index contributed by atoms with van der Waals surface area (Å²) >= 11 is 0. The number of aromatic amines is 1. The maximum atomic E-state index is 12.7. The van der Waals surface area contributed by atoms with Crippen molar-refractivity contribution >= 4 is 33.4 Å². The van der Waals surface area contributed by atoms with E-state index in [0.29, 0.717) is 35.1 Å². The van der Waals surface area contributed by atoms with Gasteiger partial charge >= 0.3 is 5.69 Å². The van der Waals surface area contributed by atoms with Gasteiger partial charge in [0.25, 0.3) is 11.3 Å². The van der Waals surface area contributed by atoms with Gasteiger partial charge in [-0.2, -0.15) is 0 Å². The fourth-order valence-corrected chi connectivity index (χ4v) is 3.07. The SMILES string of the molecule is CCCCN(CC)C(=O)c1cnc2c(ccc3c(=O)c([N+](=O)[O-])c[nH]c32)c1. The Morgan fingerprint density at radius 1 is 1.33 bits per heavy atom. The number of H-pyrrole nitrogens is 1. The van der Waals surface area contributed by atoms with Gasteiger partial charge < -0.3 is 9.88 Å². The Labute approximate surface area is 155 Å². The molecule has 0 radical (unpaired) electrons. The summed E-state index contributed by atoms with van der Waals surface area (Å²) in [7, 11) is 0. The Kier molecular flexibility index (Phi) is 5.16. The molecule has 1 amide bonds. The lowest BCUT2D eigenvalue weighted by molar-refractivity contribution is -0.386. The molecule has 8 heteroatoms. The normalized spacial score (nSPS) is 11.0. The van der Waals surface area contributed by atoms with Gasteiger partial charge in [-0.25, -0.2) is 0 Å².